The molecule has 0 aliphatic rings. The van der Waals surface area contributed by atoms with Gasteiger partial charge in [-0.1, -0.05) is 60.7 Å². The molecule has 0 radical (unpaired) electrons. The molecule has 0 amide bonds. The van der Waals surface area contributed by atoms with Gasteiger partial charge < -0.3 is 4.42 Å². The van der Waals surface area contributed by atoms with Crippen LogP contribution in [0.4, 0.5) is 0 Å². The Hall–Kier alpha value is -2.61. The zero-order valence-electron chi connectivity index (χ0n) is 10.9. The molecule has 3 rings (SSSR count). The fourth-order valence-electron chi connectivity index (χ4n) is 2.37. The predicted octanol–water partition coefficient (Wildman–Crippen LogP) is 3.82. The molecular formula is C18H14O2. The van der Waals surface area contributed by atoms with Crippen LogP contribution in [0.25, 0.3) is 0 Å². The molecule has 0 unspecified atom stereocenters. The third-order valence-electron chi connectivity index (χ3n) is 3.27. The van der Waals surface area contributed by atoms with Gasteiger partial charge in [-0.15, -0.1) is 0 Å². The molecule has 1 aromatic heterocycles. The second-order valence-electron chi connectivity index (χ2n) is 4.62. The average molecular weight is 262 g/mol. The van der Waals surface area contributed by atoms with Gasteiger partial charge in [-0.25, -0.2) is 0 Å². The summed E-state index contributed by atoms with van der Waals surface area (Å²) in [5.74, 6) is 0.598. The number of hydrogen-bond donors (Lipinski definition) is 0. The smallest absolute Gasteiger partial charge is 0.185 e. The maximum atomic E-state index is 11.6. The van der Waals surface area contributed by atoms with Crippen LogP contribution in [0.1, 0.15) is 22.8 Å². The highest BCUT2D eigenvalue weighted by atomic mass is 16.3. The third kappa shape index (κ3) is 2.54. The highest BCUT2D eigenvalue weighted by Crippen LogP contribution is 2.30. The molecule has 0 fully saturated rings. The summed E-state index contributed by atoms with van der Waals surface area (Å²) in [6.07, 6.45) is 1.45. The Morgan fingerprint density at radius 2 is 1.30 bits per heavy atom. The van der Waals surface area contributed by atoms with Crippen molar-refractivity contribution in [3.8, 4) is 0 Å². The van der Waals surface area contributed by atoms with Gasteiger partial charge in [-0.05, 0) is 11.1 Å². The second kappa shape index (κ2) is 5.57. The molecule has 0 bridgehead atoms. The third-order valence-corrected chi connectivity index (χ3v) is 3.27. The summed E-state index contributed by atoms with van der Waals surface area (Å²) in [6.45, 7) is 0. The first-order valence-corrected chi connectivity index (χ1v) is 6.53. The maximum absolute atomic E-state index is 11.6. The SMILES string of the molecule is O=c1ccoc(C(c2ccccc2)c2ccccc2)c1. The van der Waals surface area contributed by atoms with Gasteiger partial charge in [-0.2, -0.15) is 0 Å². The van der Waals surface area contributed by atoms with E-state index in [-0.39, 0.29) is 11.3 Å². The number of hydrogen-bond acceptors (Lipinski definition) is 2. The molecule has 0 aliphatic heterocycles. The molecule has 20 heavy (non-hydrogen) atoms. The van der Waals surface area contributed by atoms with E-state index < -0.39 is 0 Å². The van der Waals surface area contributed by atoms with Crippen molar-refractivity contribution in [3.05, 3.63) is 106 Å². The minimum Gasteiger partial charge on any atom is -0.468 e. The molecule has 0 spiro atoms. The largest absolute Gasteiger partial charge is 0.468 e. The van der Waals surface area contributed by atoms with Crippen molar-refractivity contribution in [3.63, 3.8) is 0 Å². The van der Waals surface area contributed by atoms with E-state index in [2.05, 4.69) is 0 Å². The van der Waals surface area contributed by atoms with Crippen LogP contribution in [-0.4, -0.2) is 0 Å². The summed E-state index contributed by atoms with van der Waals surface area (Å²) >= 11 is 0. The Balaban J connectivity index is 2.16. The van der Waals surface area contributed by atoms with Crippen molar-refractivity contribution >= 4 is 0 Å². The van der Waals surface area contributed by atoms with E-state index in [9.17, 15) is 4.79 Å². The van der Waals surface area contributed by atoms with Crippen LogP contribution in [0.5, 0.6) is 0 Å². The van der Waals surface area contributed by atoms with Gasteiger partial charge in [0.1, 0.15) is 5.76 Å². The predicted molar refractivity (Wildman–Crippen MR) is 78.8 cm³/mol. The van der Waals surface area contributed by atoms with E-state index in [1.807, 2.05) is 60.7 Å². The average Bonchev–Trinajstić information content (AvgIpc) is 2.50. The molecule has 0 N–H and O–H groups in total. The molecule has 0 atom stereocenters. The van der Waals surface area contributed by atoms with Gasteiger partial charge in [0.05, 0.1) is 12.2 Å². The Kier molecular flexibility index (Phi) is 3.46. The Morgan fingerprint density at radius 1 is 0.750 bits per heavy atom. The fraction of sp³-hybridized carbons (Fsp3) is 0.0556. The topological polar surface area (TPSA) is 30.2 Å². The van der Waals surface area contributed by atoms with Crippen molar-refractivity contribution in [2.24, 2.45) is 0 Å². The lowest BCUT2D eigenvalue weighted by Gasteiger charge is -2.16. The van der Waals surface area contributed by atoms with Crippen LogP contribution in [0, 0.1) is 0 Å². The lowest BCUT2D eigenvalue weighted by Crippen LogP contribution is -2.07. The molecule has 2 nitrogen and oxygen atoms in total. The summed E-state index contributed by atoms with van der Waals surface area (Å²) in [6, 6.07) is 23.1. The van der Waals surface area contributed by atoms with Crippen LogP contribution in [0.2, 0.25) is 0 Å². The zero-order chi connectivity index (χ0) is 13.8. The van der Waals surface area contributed by atoms with Gasteiger partial charge in [0.2, 0.25) is 0 Å². The van der Waals surface area contributed by atoms with Crippen molar-refractivity contribution in [2.75, 3.05) is 0 Å². The summed E-state index contributed by atoms with van der Waals surface area (Å²) in [5.41, 5.74) is 2.17. The monoisotopic (exact) mass is 262 g/mol. The van der Waals surface area contributed by atoms with E-state index in [1.54, 1.807) is 6.07 Å². The molecule has 98 valence electrons. The molecule has 2 aromatic carbocycles. The highest BCUT2D eigenvalue weighted by molar-refractivity contribution is 5.39. The summed E-state index contributed by atoms with van der Waals surface area (Å²) in [7, 11) is 0. The standard InChI is InChI=1S/C18H14O2/c19-16-11-12-20-17(13-16)18(14-7-3-1-4-8-14)15-9-5-2-6-10-15/h1-13,18H. The quantitative estimate of drug-likeness (QED) is 0.718. The van der Waals surface area contributed by atoms with Crippen LogP contribution in [-0.2, 0) is 0 Å². The first kappa shape index (κ1) is 12.4. The Labute approximate surface area is 117 Å². The normalized spacial score (nSPS) is 10.7. The van der Waals surface area contributed by atoms with Gasteiger partial charge >= 0.3 is 0 Å². The van der Waals surface area contributed by atoms with Crippen LogP contribution in [0.3, 0.4) is 0 Å². The van der Waals surface area contributed by atoms with Crippen molar-refractivity contribution < 1.29 is 4.42 Å². The van der Waals surface area contributed by atoms with Crippen LogP contribution < -0.4 is 5.43 Å². The van der Waals surface area contributed by atoms with Crippen LogP contribution >= 0.6 is 0 Å². The molecule has 0 aliphatic carbocycles. The lowest BCUT2D eigenvalue weighted by molar-refractivity contribution is 0.484. The Morgan fingerprint density at radius 3 is 1.80 bits per heavy atom. The van der Waals surface area contributed by atoms with Crippen molar-refractivity contribution in [1.82, 2.24) is 0 Å². The van der Waals surface area contributed by atoms with Crippen LogP contribution in [0.15, 0.2) is 88.3 Å². The van der Waals surface area contributed by atoms with E-state index in [0.29, 0.717) is 5.76 Å². The van der Waals surface area contributed by atoms with E-state index in [4.69, 9.17) is 4.42 Å². The maximum Gasteiger partial charge on any atom is 0.185 e. The Bertz CT molecular complexity index is 690. The van der Waals surface area contributed by atoms with Gasteiger partial charge in [-0.3, -0.25) is 4.79 Å². The highest BCUT2D eigenvalue weighted by Gasteiger charge is 2.18. The van der Waals surface area contributed by atoms with Crippen molar-refractivity contribution in [1.29, 1.82) is 0 Å². The van der Waals surface area contributed by atoms with E-state index in [0.717, 1.165) is 11.1 Å². The van der Waals surface area contributed by atoms with Gasteiger partial charge in [0.25, 0.3) is 0 Å². The molecule has 3 aromatic rings. The number of benzene rings is 2. The first-order chi connectivity index (χ1) is 9.84. The van der Waals surface area contributed by atoms with Gasteiger partial charge in [0, 0.05) is 12.1 Å². The zero-order valence-corrected chi connectivity index (χ0v) is 10.9. The minimum atomic E-state index is -0.0636. The summed E-state index contributed by atoms with van der Waals surface area (Å²) < 4.78 is 5.58. The summed E-state index contributed by atoms with van der Waals surface area (Å²) in [4.78, 5) is 11.6. The minimum absolute atomic E-state index is 0.0388. The lowest BCUT2D eigenvalue weighted by atomic mass is 9.89. The summed E-state index contributed by atoms with van der Waals surface area (Å²) in [5, 5.41) is 0. The van der Waals surface area contributed by atoms with E-state index in [1.165, 1.54) is 12.3 Å². The molecular weight excluding hydrogens is 248 g/mol. The number of rotatable bonds is 3. The molecule has 0 saturated carbocycles. The first-order valence-electron chi connectivity index (χ1n) is 6.53. The molecule has 0 saturated heterocycles. The van der Waals surface area contributed by atoms with E-state index >= 15 is 0 Å². The molecule has 2 heteroatoms. The second-order valence-corrected chi connectivity index (χ2v) is 4.62. The van der Waals surface area contributed by atoms with Gasteiger partial charge in [0.15, 0.2) is 5.43 Å². The molecule has 1 heterocycles. The van der Waals surface area contributed by atoms with Crippen molar-refractivity contribution in [2.45, 2.75) is 5.92 Å². The fourth-order valence-corrected chi connectivity index (χ4v) is 2.37.